The summed E-state index contributed by atoms with van der Waals surface area (Å²) in [6, 6.07) is 10.6. The third-order valence-electron chi connectivity index (χ3n) is 3.60. The van der Waals surface area contributed by atoms with E-state index in [1.54, 1.807) is 12.1 Å². The Morgan fingerprint density at radius 1 is 1.00 bits per heavy atom. The van der Waals surface area contributed by atoms with Gasteiger partial charge in [-0.05, 0) is 36.4 Å². The second kappa shape index (κ2) is 9.35. The van der Waals surface area contributed by atoms with Crippen molar-refractivity contribution in [3.8, 4) is 5.75 Å². The number of carbonyl (C=O) groups excluding carboxylic acids is 2. The maximum absolute atomic E-state index is 12.5. The van der Waals surface area contributed by atoms with Gasteiger partial charge < -0.3 is 9.08 Å². The third-order valence-corrected chi connectivity index (χ3v) is 4.84. The molecular weight excluding hydrogens is 463 g/mol. The van der Waals surface area contributed by atoms with Crippen LogP contribution in [-0.4, -0.2) is 50.4 Å². The Morgan fingerprint density at radius 2 is 1.48 bits per heavy atom. The SMILES string of the molecule is CN(C)C(=O)C(=O)N/N=C(/c1ccc(Cl)cc1)c1ccc(OS(=O)(=O)C(F)(F)F)cc1. The molecule has 8 nitrogen and oxygen atoms in total. The summed E-state index contributed by atoms with van der Waals surface area (Å²) < 4.78 is 63.7. The van der Waals surface area contributed by atoms with Crippen molar-refractivity contribution in [1.82, 2.24) is 10.3 Å². The molecule has 0 aliphatic carbocycles. The van der Waals surface area contributed by atoms with E-state index in [-0.39, 0.29) is 11.3 Å². The highest BCUT2D eigenvalue weighted by atomic mass is 35.5. The maximum Gasteiger partial charge on any atom is 0.534 e. The van der Waals surface area contributed by atoms with Gasteiger partial charge in [0.05, 0.1) is 5.71 Å². The predicted molar refractivity (Wildman–Crippen MR) is 106 cm³/mol. The number of alkyl halides is 3. The number of nitrogens with one attached hydrogen (secondary N) is 1. The number of carbonyl (C=O) groups is 2. The first-order valence-corrected chi connectivity index (χ1v) is 10.1. The monoisotopic (exact) mass is 477 g/mol. The number of amides is 2. The van der Waals surface area contributed by atoms with Crippen LogP contribution in [-0.2, 0) is 19.7 Å². The Kier molecular flexibility index (Phi) is 7.28. The van der Waals surface area contributed by atoms with Gasteiger partial charge in [0.2, 0.25) is 0 Å². The second-order valence-electron chi connectivity index (χ2n) is 6.12. The summed E-state index contributed by atoms with van der Waals surface area (Å²) in [5, 5.41) is 4.34. The van der Waals surface area contributed by atoms with E-state index < -0.39 is 33.2 Å². The van der Waals surface area contributed by atoms with Crippen LogP contribution >= 0.6 is 11.6 Å². The van der Waals surface area contributed by atoms with Gasteiger partial charge in [-0.1, -0.05) is 23.7 Å². The lowest BCUT2D eigenvalue weighted by atomic mass is 10.0. The Morgan fingerprint density at radius 3 is 1.94 bits per heavy atom. The molecule has 13 heteroatoms. The fourth-order valence-electron chi connectivity index (χ4n) is 2.10. The lowest BCUT2D eigenvalue weighted by Crippen LogP contribution is -2.37. The molecule has 0 saturated heterocycles. The lowest BCUT2D eigenvalue weighted by molar-refractivity contribution is -0.144. The van der Waals surface area contributed by atoms with E-state index in [4.69, 9.17) is 11.6 Å². The molecule has 0 fully saturated rings. The molecule has 31 heavy (non-hydrogen) atoms. The van der Waals surface area contributed by atoms with E-state index in [0.717, 1.165) is 17.0 Å². The lowest BCUT2D eigenvalue weighted by Gasteiger charge is -2.12. The Balaban J connectivity index is 2.38. The summed E-state index contributed by atoms with van der Waals surface area (Å²) in [4.78, 5) is 24.6. The van der Waals surface area contributed by atoms with Crippen molar-refractivity contribution in [3.05, 3.63) is 64.7 Å². The Bertz CT molecular complexity index is 1100. The van der Waals surface area contributed by atoms with Crippen molar-refractivity contribution < 1.29 is 35.4 Å². The summed E-state index contributed by atoms with van der Waals surface area (Å²) >= 11 is 5.86. The number of halogens is 4. The van der Waals surface area contributed by atoms with E-state index >= 15 is 0 Å². The number of likely N-dealkylation sites (N-methyl/N-ethyl adjacent to an activating group) is 1. The molecule has 0 radical (unpaired) electrons. The first kappa shape index (κ1) is 24.2. The van der Waals surface area contributed by atoms with Gasteiger partial charge in [0.15, 0.2) is 0 Å². The summed E-state index contributed by atoms with van der Waals surface area (Å²) in [5.74, 6) is -2.46. The molecule has 0 aromatic heterocycles. The second-order valence-corrected chi connectivity index (χ2v) is 8.09. The molecule has 2 aromatic rings. The number of rotatable bonds is 5. The Labute approximate surface area is 180 Å². The van der Waals surface area contributed by atoms with Crippen molar-refractivity contribution in [2.24, 2.45) is 5.10 Å². The van der Waals surface area contributed by atoms with Crippen molar-refractivity contribution in [3.63, 3.8) is 0 Å². The summed E-state index contributed by atoms with van der Waals surface area (Å²) in [6.07, 6.45) is 0. The van der Waals surface area contributed by atoms with Gasteiger partial charge in [-0.15, -0.1) is 0 Å². The summed E-state index contributed by atoms with van der Waals surface area (Å²) in [7, 11) is -3.08. The molecule has 166 valence electrons. The van der Waals surface area contributed by atoms with Crippen molar-refractivity contribution >= 4 is 39.2 Å². The van der Waals surface area contributed by atoms with Crippen LogP contribution in [0.2, 0.25) is 5.02 Å². The molecule has 0 aliphatic heterocycles. The minimum Gasteiger partial charge on any atom is -0.376 e. The minimum absolute atomic E-state index is 0.127. The van der Waals surface area contributed by atoms with Gasteiger partial charge in [-0.2, -0.15) is 26.7 Å². The van der Waals surface area contributed by atoms with Gasteiger partial charge in [-0.3, -0.25) is 9.59 Å². The molecule has 2 rings (SSSR count). The third kappa shape index (κ3) is 6.18. The zero-order chi connectivity index (χ0) is 23.4. The van der Waals surface area contributed by atoms with Gasteiger partial charge in [0.1, 0.15) is 5.75 Å². The molecule has 2 aromatic carbocycles. The number of benzene rings is 2. The van der Waals surface area contributed by atoms with E-state index in [1.807, 2.05) is 0 Å². The van der Waals surface area contributed by atoms with Crippen molar-refractivity contribution in [1.29, 1.82) is 0 Å². The van der Waals surface area contributed by atoms with Crippen LogP contribution in [0.1, 0.15) is 11.1 Å². The van der Waals surface area contributed by atoms with Crippen LogP contribution in [0.15, 0.2) is 53.6 Å². The molecule has 1 N–H and O–H groups in total. The molecule has 0 spiro atoms. The van der Waals surface area contributed by atoms with Gasteiger partial charge in [-0.25, -0.2) is 5.43 Å². The number of nitrogens with zero attached hydrogens (tertiary/aromatic N) is 2. The van der Waals surface area contributed by atoms with Gasteiger partial charge in [0.25, 0.3) is 0 Å². The van der Waals surface area contributed by atoms with Crippen LogP contribution in [0.3, 0.4) is 0 Å². The average molecular weight is 478 g/mol. The maximum atomic E-state index is 12.5. The fourth-order valence-corrected chi connectivity index (χ4v) is 2.69. The van der Waals surface area contributed by atoms with Crippen LogP contribution in [0, 0.1) is 0 Å². The highest BCUT2D eigenvalue weighted by Gasteiger charge is 2.48. The average Bonchev–Trinajstić information content (AvgIpc) is 2.68. The highest BCUT2D eigenvalue weighted by molar-refractivity contribution is 7.88. The number of hydrazone groups is 1. The highest BCUT2D eigenvalue weighted by Crippen LogP contribution is 2.27. The molecule has 0 heterocycles. The quantitative estimate of drug-likeness (QED) is 0.234. The molecule has 0 aliphatic rings. The summed E-state index contributed by atoms with van der Waals surface area (Å²) in [6.45, 7) is 0. The van der Waals surface area contributed by atoms with Crippen LogP contribution in [0.4, 0.5) is 13.2 Å². The van der Waals surface area contributed by atoms with Crippen molar-refractivity contribution in [2.75, 3.05) is 14.1 Å². The molecule has 0 bridgehead atoms. The zero-order valence-corrected chi connectivity index (χ0v) is 17.5. The van der Waals surface area contributed by atoms with E-state index in [0.29, 0.717) is 10.6 Å². The van der Waals surface area contributed by atoms with Gasteiger partial charge >= 0.3 is 27.4 Å². The smallest absolute Gasteiger partial charge is 0.376 e. The number of hydrogen-bond acceptors (Lipinski definition) is 6. The fraction of sp³-hybridized carbons (Fsp3) is 0.167. The largest absolute Gasteiger partial charge is 0.534 e. The normalized spacial score (nSPS) is 12.3. The standard InChI is InChI=1S/C18H15ClF3N3O5S/c1-25(2)17(27)16(26)24-23-15(11-3-7-13(19)8-4-11)12-5-9-14(10-6-12)30-31(28,29)18(20,21)22/h3-10H,1-2H3,(H,24,26)/b23-15-. The van der Waals surface area contributed by atoms with Crippen LogP contribution in [0.5, 0.6) is 5.75 Å². The topological polar surface area (TPSA) is 105 Å². The zero-order valence-electron chi connectivity index (χ0n) is 16.0. The predicted octanol–water partition coefficient (Wildman–Crippen LogP) is 2.53. The summed E-state index contributed by atoms with van der Waals surface area (Å²) in [5.41, 5.74) is -2.64. The van der Waals surface area contributed by atoms with Crippen LogP contribution < -0.4 is 9.61 Å². The first-order chi connectivity index (χ1) is 14.3. The van der Waals surface area contributed by atoms with E-state index in [9.17, 15) is 31.2 Å². The minimum atomic E-state index is -5.82. The first-order valence-electron chi connectivity index (χ1n) is 8.28. The van der Waals surface area contributed by atoms with E-state index in [2.05, 4.69) is 14.7 Å². The molecule has 0 unspecified atom stereocenters. The van der Waals surface area contributed by atoms with Crippen LogP contribution in [0.25, 0.3) is 0 Å². The molecule has 2 amide bonds. The van der Waals surface area contributed by atoms with E-state index in [1.165, 1.54) is 38.4 Å². The molecular formula is C18H15ClF3N3O5S. The molecule has 0 saturated carbocycles. The Hall–Kier alpha value is -3.12. The molecule has 0 atom stereocenters. The number of hydrogen-bond donors (Lipinski definition) is 1. The van der Waals surface area contributed by atoms with Gasteiger partial charge in [0, 0.05) is 30.2 Å². The van der Waals surface area contributed by atoms with Crippen molar-refractivity contribution in [2.45, 2.75) is 5.51 Å².